The van der Waals surface area contributed by atoms with E-state index in [4.69, 9.17) is 15.9 Å². The third-order valence-corrected chi connectivity index (χ3v) is 1.73. The van der Waals surface area contributed by atoms with Crippen molar-refractivity contribution in [2.75, 3.05) is 19.6 Å². The molecule has 0 rings (SSSR count). The average Bonchev–Trinajstić information content (AvgIpc) is 1.99. The van der Waals surface area contributed by atoms with Crippen LogP contribution in [0.25, 0.3) is 0 Å². The van der Waals surface area contributed by atoms with E-state index < -0.39 is 12.3 Å². The zero-order valence-electron chi connectivity index (χ0n) is 7.20. The van der Waals surface area contributed by atoms with Crippen LogP contribution in [0.2, 0.25) is 0 Å². The molecule has 68 valence electrons. The van der Waals surface area contributed by atoms with E-state index >= 15 is 0 Å². The number of nitrogens with zero attached hydrogens (tertiary/aromatic N) is 1. The van der Waals surface area contributed by atoms with Crippen LogP contribution < -0.4 is 5.73 Å². The molecule has 0 aliphatic rings. The largest absolute Gasteiger partial charge is 0.388 e. The van der Waals surface area contributed by atoms with Gasteiger partial charge in [0, 0.05) is 6.54 Å². The topological polar surface area (TPSA) is 69.7 Å². The molecule has 0 heterocycles. The Kier molecular flexibility index (Phi) is 5.41. The van der Waals surface area contributed by atoms with Crippen molar-refractivity contribution in [1.82, 2.24) is 4.90 Å². The van der Waals surface area contributed by atoms with Crippen LogP contribution in [0.4, 0.5) is 0 Å². The van der Waals surface area contributed by atoms with Crippen molar-refractivity contribution in [2.24, 2.45) is 5.73 Å². The Morgan fingerprint density at radius 1 is 1.27 bits per heavy atom. The first kappa shape index (κ1) is 10.8. The molecule has 4 heteroatoms. The molecule has 4 nitrogen and oxygen atoms in total. The van der Waals surface area contributed by atoms with Crippen LogP contribution >= 0.6 is 0 Å². The number of likely N-dealkylation sites (N-methyl/N-ethyl adjacent to an activating group) is 1. The summed E-state index contributed by atoms with van der Waals surface area (Å²) in [5.41, 5.74) is 5.07. The van der Waals surface area contributed by atoms with Gasteiger partial charge in [-0.1, -0.05) is 13.8 Å². The van der Waals surface area contributed by atoms with Crippen molar-refractivity contribution >= 4 is 0 Å². The lowest BCUT2D eigenvalue weighted by atomic mass is 10.3. The summed E-state index contributed by atoms with van der Waals surface area (Å²) in [5, 5.41) is 17.9. The summed E-state index contributed by atoms with van der Waals surface area (Å²) in [4.78, 5) is 2.00. The first-order valence-corrected chi connectivity index (χ1v) is 3.95. The van der Waals surface area contributed by atoms with Crippen LogP contribution in [-0.2, 0) is 0 Å². The Morgan fingerprint density at radius 3 is 2.00 bits per heavy atom. The van der Waals surface area contributed by atoms with E-state index in [0.717, 1.165) is 13.1 Å². The highest BCUT2D eigenvalue weighted by Crippen LogP contribution is 1.93. The normalized spacial score (nSPS) is 16.9. The minimum atomic E-state index is -1.13. The first-order chi connectivity index (χ1) is 5.11. The molecule has 2 atom stereocenters. The molecule has 0 aromatic heterocycles. The van der Waals surface area contributed by atoms with Crippen LogP contribution in [0.3, 0.4) is 0 Å². The Bertz CT molecular complexity index is 94.4. The fraction of sp³-hybridized carbons (Fsp3) is 1.00. The van der Waals surface area contributed by atoms with Crippen molar-refractivity contribution in [3.63, 3.8) is 0 Å². The van der Waals surface area contributed by atoms with Gasteiger partial charge in [-0.3, -0.25) is 0 Å². The van der Waals surface area contributed by atoms with Gasteiger partial charge in [0.1, 0.15) is 12.3 Å². The quantitative estimate of drug-likeness (QED) is 0.452. The molecule has 0 aliphatic carbocycles. The maximum Gasteiger partial charge on any atom is 0.129 e. The van der Waals surface area contributed by atoms with Crippen LogP contribution in [-0.4, -0.2) is 47.1 Å². The predicted octanol–water partition coefficient (Wildman–Crippen LogP) is -1.03. The van der Waals surface area contributed by atoms with E-state index in [1.807, 2.05) is 18.7 Å². The van der Waals surface area contributed by atoms with E-state index in [-0.39, 0.29) is 0 Å². The highest BCUT2D eigenvalue weighted by molar-refractivity contribution is 4.65. The van der Waals surface area contributed by atoms with Crippen molar-refractivity contribution < 1.29 is 10.2 Å². The molecule has 0 fully saturated rings. The van der Waals surface area contributed by atoms with Gasteiger partial charge in [0.25, 0.3) is 0 Å². The number of nitrogens with two attached hydrogens (primary N) is 1. The molecular weight excluding hydrogens is 144 g/mol. The fourth-order valence-electron chi connectivity index (χ4n) is 0.854. The maximum absolute atomic E-state index is 9.14. The van der Waals surface area contributed by atoms with Gasteiger partial charge in [-0.25, -0.2) is 0 Å². The third kappa shape index (κ3) is 4.31. The minimum absolute atomic E-state index is 0.435. The molecule has 0 saturated carbocycles. The lowest BCUT2D eigenvalue weighted by molar-refractivity contribution is 0.00302. The van der Waals surface area contributed by atoms with Crippen molar-refractivity contribution in [3.8, 4) is 0 Å². The zero-order valence-corrected chi connectivity index (χ0v) is 7.20. The first-order valence-electron chi connectivity index (χ1n) is 3.95. The Balaban J connectivity index is 3.62. The molecule has 0 aromatic carbocycles. The molecule has 0 aromatic rings. The van der Waals surface area contributed by atoms with E-state index in [2.05, 4.69) is 0 Å². The zero-order chi connectivity index (χ0) is 8.85. The van der Waals surface area contributed by atoms with E-state index in [1.54, 1.807) is 0 Å². The second-order valence-corrected chi connectivity index (χ2v) is 2.54. The summed E-state index contributed by atoms with van der Waals surface area (Å²) in [6.07, 6.45) is -1.97. The van der Waals surface area contributed by atoms with Gasteiger partial charge in [0.15, 0.2) is 0 Å². The molecule has 2 unspecified atom stereocenters. The number of hydrogen-bond donors (Lipinski definition) is 3. The molecule has 4 N–H and O–H groups in total. The summed E-state index contributed by atoms with van der Waals surface area (Å²) in [6.45, 7) is 6.16. The molecule has 0 saturated heterocycles. The monoisotopic (exact) mass is 162 g/mol. The molecular formula is C7H18N2O2. The summed E-state index contributed by atoms with van der Waals surface area (Å²) >= 11 is 0. The second kappa shape index (κ2) is 5.49. The van der Waals surface area contributed by atoms with Gasteiger partial charge in [-0.2, -0.15) is 0 Å². The molecule has 0 spiro atoms. The minimum Gasteiger partial charge on any atom is -0.388 e. The highest BCUT2D eigenvalue weighted by Gasteiger charge is 2.13. The number of hydrogen-bond acceptors (Lipinski definition) is 4. The SMILES string of the molecule is CCN(CC)CC(O)C(N)O. The van der Waals surface area contributed by atoms with Crippen LogP contribution in [0.1, 0.15) is 13.8 Å². The molecule has 0 bridgehead atoms. The summed E-state index contributed by atoms with van der Waals surface area (Å²) in [5.74, 6) is 0. The van der Waals surface area contributed by atoms with Crippen molar-refractivity contribution in [2.45, 2.75) is 26.2 Å². The van der Waals surface area contributed by atoms with Gasteiger partial charge in [-0.05, 0) is 13.1 Å². The lowest BCUT2D eigenvalue weighted by Gasteiger charge is -2.22. The van der Waals surface area contributed by atoms with E-state index in [0.29, 0.717) is 6.54 Å². The summed E-state index contributed by atoms with van der Waals surface area (Å²) in [6, 6.07) is 0. The molecule has 11 heavy (non-hydrogen) atoms. The third-order valence-electron chi connectivity index (χ3n) is 1.73. The van der Waals surface area contributed by atoms with Gasteiger partial charge in [0.05, 0.1) is 0 Å². The molecule has 0 aliphatic heterocycles. The Hall–Kier alpha value is -0.160. The van der Waals surface area contributed by atoms with Gasteiger partial charge >= 0.3 is 0 Å². The Labute approximate surface area is 67.6 Å². The highest BCUT2D eigenvalue weighted by atomic mass is 16.3. The smallest absolute Gasteiger partial charge is 0.129 e. The molecule has 0 amide bonds. The summed E-state index contributed by atoms with van der Waals surface area (Å²) in [7, 11) is 0. The van der Waals surface area contributed by atoms with Crippen molar-refractivity contribution in [3.05, 3.63) is 0 Å². The van der Waals surface area contributed by atoms with E-state index in [1.165, 1.54) is 0 Å². The standard InChI is InChI=1S/C7H18N2O2/c1-3-9(4-2)5-6(10)7(8)11/h6-7,10-11H,3-5,8H2,1-2H3. The average molecular weight is 162 g/mol. The number of rotatable bonds is 5. The lowest BCUT2D eigenvalue weighted by Crippen LogP contribution is -2.43. The second-order valence-electron chi connectivity index (χ2n) is 2.54. The van der Waals surface area contributed by atoms with Gasteiger partial charge in [0.2, 0.25) is 0 Å². The van der Waals surface area contributed by atoms with Crippen LogP contribution in [0, 0.1) is 0 Å². The summed E-state index contributed by atoms with van der Waals surface area (Å²) < 4.78 is 0. The number of aliphatic hydroxyl groups excluding tert-OH is 2. The van der Waals surface area contributed by atoms with Crippen molar-refractivity contribution in [1.29, 1.82) is 0 Å². The fourth-order valence-corrected chi connectivity index (χ4v) is 0.854. The Morgan fingerprint density at radius 2 is 1.73 bits per heavy atom. The molecule has 0 radical (unpaired) electrons. The van der Waals surface area contributed by atoms with Crippen LogP contribution in [0.5, 0.6) is 0 Å². The van der Waals surface area contributed by atoms with E-state index in [9.17, 15) is 0 Å². The number of aliphatic hydroxyl groups is 2. The predicted molar refractivity (Wildman–Crippen MR) is 44.0 cm³/mol. The van der Waals surface area contributed by atoms with Crippen LogP contribution in [0.15, 0.2) is 0 Å². The maximum atomic E-state index is 9.14. The van der Waals surface area contributed by atoms with Gasteiger partial charge in [-0.15, -0.1) is 0 Å². The van der Waals surface area contributed by atoms with Gasteiger partial charge < -0.3 is 20.8 Å².